The number of aromatic hydroxyl groups is 1. The van der Waals surface area contributed by atoms with Crippen molar-refractivity contribution in [3.63, 3.8) is 0 Å². The molecule has 7 heteroatoms. The number of hydrogen-bond donors (Lipinski definition) is 1. The van der Waals surface area contributed by atoms with Gasteiger partial charge in [-0.2, -0.15) is 0 Å². The first-order valence-corrected chi connectivity index (χ1v) is 11.1. The van der Waals surface area contributed by atoms with Crippen LogP contribution in [0.5, 0.6) is 5.75 Å². The number of phenols is 1. The van der Waals surface area contributed by atoms with E-state index in [0.29, 0.717) is 34.8 Å². The molecular formula is C22H26N4O2S. The third kappa shape index (κ3) is 4.10. The van der Waals surface area contributed by atoms with Gasteiger partial charge in [0.1, 0.15) is 5.75 Å². The molecule has 3 aromatic rings. The highest BCUT2D eigenvalue weighted by atomic mass is 32.2. The van der Waals surface area contributed by atoms with Gasteiger partial charge in [-0.15, -0.1) is 10.2 Å². The van der Waals surface area contributed by atoms with Crippen molar-refractivity contribution < 1.29 is 9.90 Å². The monoisotopic (exact) mass is 410 g/mol. The maximum absolute atomic E-state index is 12.6. The first-order chi connectivity index (χ1) is 14.1. The maximum Gasteiger partial charge on any atom is 0.233 e. The molecule has 0 spiro atoms. The Labute approximate surface area is 174 Å². The summed E-state index contributed by atoms with van der Waals surface area (Å²) < 4.78 is 1.96. The van der Waals surface area contributed by atoms with E-state index in [1.807, 2.05) is 46.7 Å². The maximum atomic E-state index is 12.6. The molecule has 1 aromatic heterocycles. The first-order valence-electron chi connectivity index (χ1n) is 10.1. The normalized spacial score (nSPS) is 17.0. The number of aromatic nitrogens is 3. The molecule has 1 fully saturated rings. The van der Waals surface area contributed by atoms with Crippen molar-refractivity contribution in [1.29, 1.82) is 0 Å². The Kier molecular flexibility index (Phi) is 5.76. The lowest BCUT2D eigenvalue weighted by Gasteiger charge is -2.30. The summed E-state index contributed by atoms with van der Waals surface area (Å²) in [5.41, 5.74) is 0.654. The van der Waals surface area contributed by atoms with Gasteiger partial charge in [0.25, 0.3) is 0 Å². The lowest BCUT2D eigenvalue weighted by atomic mass is 10.0. The number of fused-ring (bicyclic) bond motifs is 1. The van der Waals surface area contributed by atoms with Gasteiger partial charge in [-0.3, -0.25) is 4.79 Å². The molecule has 0 unspecified atom stereocenters. The Morgan fingerprint density at radius 1 is 1.24 bits per heavy atom. The van der Waals surface area contributed by atoms with E-state index >= 15 is 0 Å². The van der Waals surface area contributed by atoms with Crippen molar-refractivity contribution in [1.82, 2.24) is 19.7 Å². The van der Waals surface area contributed by atoms with E-state index in [0.717, 1.165) is 30.3 Å². The van der Waals surface area contributed by atoms with Crippen molar-refractivity contribution in [2.75, 3.05) is 18.8 Å². The number of hydrogen-bond acceptors (Lipinski definition) is 5. The second-order valence-corrected chi connectivity index (χ2v) is 8.59. The zero-order chi connectivity index (χ0) is 20.4. The van der Waals surface area contributed by atoms with Gasteiger partial charge in [-0.05, 0) is 48.6 Å². The summed E-state index contributed by atoms with van der Waals surface area (Å²) in [5, 5.41) is 21.9. The van der Waals surface area contributed by atoms with Crippen LogP contribution in [0.1, 0.15) is 26.7 Å². The number of thioether (sulfide) groups is 1. The van der Waals surface area contributed by atoms with E-state index in [1.54, 1.807) is 6.07 Å². The van der Waals surface area contributed by atoms with Crippen molar-refractivity contribution in [3.05, 3.63) is 36.4 Å². The van der Waals surface area contributed by atoms with Crippen molar-refractivity contribution >= 4 is 28.4 Å². The van der Waals surface area contributed by atoms with Gasteiger partial charge in [0.15, 0.2) is 11.0 Å². The molecular weight excluding hydrogens is 384 g/mol. The molecule has 6 nitrogen and oxygen atoms in total. The third-order valence-corrected chi connectivity index (χ3v) is 6.42. The molecule has 2 heterocycles. The lowest BCUT2D eigenvalue weighted by molar-refractivity contribution is -0.130. The highest BCUT2D eigenvalue weighted by molar-refractivity contribution is 7.99. The predicted molar refractivity (Wildman–Crippen MR) is 116 cm³/mol. The average Bonchev–Trinajstić information content (AvgIpc) is 3.14. The van der Waals surface area contributed by atoms with Crippen molar-refractivity contribution in [3.8, 4) is 17.1 Å². The van der Waals surface area contributed by atoms with Gasteiger partial charge in [-0.1, -0.05) is 43.0 Å². The summed E-state index contributed by atoms with van der Waals surface area (Å²) in [7, 11) is 0. The fourth-order valence-electron chi connectivity index (χ4n) is 3.92. The summed E-state index contributed by atoms with van der Waals surface area (Å²) >= 11 is 1.42. The minimum atomic E-state index is 0.155. The molecule has 0 aliphatic carbocycles. The Hall–Kier alpha value is -2.54. The van der Waals surface area contributed by atoms with Crippen LogP contribution < -0.4 is 0 Å². The van der Waals surface area contributed by atoms with E-state index in [1.165, 1.54) is 18.2 Å². The van der Waals surface area contributed by atoms with Crippen molar-refractivity contribution in [2.24, 2.45) is 5.92 Å². The molecule has 0 bridgehead atoms. The standard InChI is InChI=1S/C22H26N4O2S/c1-3-26-21(18-11-16-8-4-5-9-17(16)12-19(18)27)23-24-22(26)29-14-20(28)25-10-6-7-15(2)13-25/h4-5,8-9,11-12,15,27H,3,6-7,10,13-14H2,1-2H3/t15-/m1/s1. The zero-order valence-electron chi connectivity index (χ0n) is 16.8. The second kappa shape index (κ2) is 8.45. The number of phenolic OH excluding ortho intramolecular Hbond substituents is 1. The first kappa shape index (κ1) is 19.8. The lowest BCUT2D eigenvalue weighted by Crippen LogP contribution is -2.40. The quantitative estimate of drug-likeness (QED) is 0.639. The average molecular weight is 411 g/mol. The molecule has 0 saturated carbocycles. The molecule has 2 aromatic carbocycles. The molecule has 1 saturated heterocycles. The number of piperidine rings is 1. The van der Waals surface area contributed by atoms with Crippen LogP contribution in [-0.2, 0) is 11.3 Å². The smallest absolute Gasteiger partial charge is 0.233 e. The van der Waals surface area contributed by atoms with Gasteiger partial charge in [-0.25, -0.2) is 0 Å². The SMILES string of the molecule is CCn1c(SCC(=O)N2CCC[C@@H](C)C2)nnc1-c1cc2ccccc2cc1O. The van der Waals surface area contributed by atoms with Gasteiger partial charge >= 0.3 is 0 Å². The van der Waals surface area contributed by atoms with Crippen LogP contribution in [0.25, 0.3) is 22.2 Å². The topological polar surface area (TPSA) is 71.2 Å². The van der Waals surface area contributed by atoms with Crippen LogP contribution >= 0.6 is 11.8 Å². The number of benzene rings is 2. The summed E-state index contributed by atoms with van der Waals surface area (Å²) in [5.74, 6) is 1.88. The van der Waals surface area contributed by atoms with Crippen LogP contribution in [0, 0.1) is 5.92 Å². The van der Waals surface area contributed by atoms with E-state index < -0.39 is 0 Å². The van der Waals surface area contributed by atoms with Crippen LogP contribution in [0.15, 0.2) is 41.6 Å². The highest BCUT2D eigenvalue weighted by Crippen LogP contribution is 2.34. The molecule has 152 valence electrons. The molecule has 0 radical (unpaired) electrons. The van der Waals surface area contributed by atoms with Gasteiger partial charge in [0, 0.05) is 19.6 Å². The fourth-order valence-corrected chi connectivity index (χ4v) is 4.83. The number of amides is 1. The number of carbonyl (C=O) groups excluding carboxylic acids is 1. The Morgan fingerprint density at radius 3 is 2.72 bits per heavy atom. The molecule has 4 rings (SSSR count). The molecule has 1 aliphatic heterocycles. The third-order valence-electron chi connectivity index (χ3n) is 5.47. The number of rotatable bonds is 5. The number of nitrogens with zero attached hydrogens (tertiary/aromatic N) is 4. The second-order valence-electron chi connectivity index (χ2n) is 7.64. The summed E-state index contributed by atoms with van der Waals surface area (Å²) in [6.07, 6.45) is 2.27. The molecule has 1 N–H and O–H groups in total. The van der Waals surface area contributed by atoms with Crippen LogP contribution in [0.3, 0.4) is 0 Å². The molecule has 29 heavy (non-hydrogen) atoms. The highest BCUT2D eigenvalue weighted by Gasteiger charge is 2.22. The van der Waals surface area contributed by atoms with E-state index in [9.17, 15) is 9.90 Å². The van der Waals surface area contributed by atoms with Gasteiger partial charge < -0.3 is 14.6 Å². The summed E-state index contributed by atoms with van der Waals surface area (Å²) in [6, 6.07) is 11.6. The Balaban J connectivity index is 1.55. The van der Waals surface area contributed by atoms with E-state index in [-0.39, 0.29) is 11.7 Å². The minimum absolute atomic E-state index is 0.155. The Morgan fingerprint density at radius 2 is 2.00 bits per heavy atom. The van der Waals surface area contributed by atoms with Crippen molar-refractivity contribution in [2.45, 2.75) is 38.4 Å². The Bertz CT molecular complexity index is 1030. The number of carbonyl (C=O) groups is 1. The molecule has 1 atom stereocenters. The largest absolute Gasteiger partial charge is 0.507 e. The van der Waals surface area contributed by atoms with Gasteiger partial charge in [0.2, 0.25) is 5.91 Å². The predicted octanol–water partition coefficient (Wildman–Crippen LogP) is 4.17. The van der Waals surface area contributed by atoms with E-state index in [4.69, 9.17) is 0 Å². The minimum Gasteiger partial charge on any atom is -0.507 e. The zero-order valence-corrected chi connectivity index (χ0v) is 17.7. The molecule has 1 amide bonds. The van der Waals surface area contributed by atoms with Gasteiger partial charge in [0.05, 0.1) is 11.3 Å². The molecule has 1 aliphatic rings. The van der Waals surface area contributed by atoms with E-state index in [2.05, 4.69) is 17.1 Å². The van der Waals surface area contributed by atoms with Crippen LogP contribution in [0.2, 0.25) is 0 Å². The van der Waals surface area contributed by atoms with Crippen LogP contribution in [-0.4, -0.2) is 49.5 Å². The number of likely N-dealkylation sites (tertiary alicyclic amines) is 1. The van der Waals surface area contributed by atoms with Crippen LogP contribution in [0.4, 0.5) is 0 Å². The summed E-state index contributed by atoms with van der Waals surface area (Å²) in [4.78, 5) is 14.6. The fraction of sp³-hybridized carbons (Fsp3) is 0.409. The summed E-state index contributed by atoms with van der Waals surface area (Å²) in [6.45, 7) is 6.56.